The van der Waals surface area contributed by atoms with Crippen molar-refractivity contribution in [2.24, 2.45) is 9.98 Å². The molecule has 0 N–H and O–H groups in total. The van der Waals surface area contributed by atoms with E-state index < -0.39 is 0 Å². The number of rotatable bonds is 12. The first-order valence-electron chi connectivity index (χ1n) is 26.6. The molecule has 0 aliphatic heterocycles. The molecule has 78 heavy (non-hydrogen) atoms. The molecule has 0 fully saturated rings. The van der Waals surface area contributed by atoms with Crippen LogP contribution in [-0.4, -0.2) is 12.4 Å². The van der Waals surface area contributed by atoms with Crippen molar-refractivity contribution in [2.75, 3.05) is 0 Å². The van der Waals surface area contributed by atoms with Gasteiger partial charge in [-0.1, -0.05) is 279 Å². The van der Waals surface area contributed by atoms with E-state index in [-0.39, 0.29) is 0 Å². The van der Waals surface area contributed by atoms with E-state index in [0.717, 1.165) is 78.1 Å². The van der Waals surface area contributed by atoms with Crippen LogP contribution in [0.15, 0.2) is 313 Å². The Balaban J connectivity index is 0.963. The third-order valence-electron chi connectivity index (χ3n) is 14.9. The molecule has 0 heterocycles. The van der Waals surface area contributed by atoms with Gasteiger partial charge in [-0.3, -0.25) is 9.98 Å². The molecule has 2 nitrogen and oxygen atoms in total. The molecule has 0 bridgehead atoms. The van der Waals surface area contributed by atoms with E-state index in [9.17, 15) is 0 Å². The van der Waals surface area contributed by atoms with Gasteiger partial charge in [0.1, 0.15) is 0 Å². The zero-order chi connectivity index (χ0) is 52.0. The third kappa shape index (κ3) is 9.56. The van der Waals surface area contributed by atoms with Crippen LogP contribution in [0.4, 0.5) is 11.4 Å². The van der Waals surface area contributed by atoms with Crippen LogP contribution in [0.2, 0.25) is 0 Å². The van der Waals surface area contributed by atoms with Crippen LogP contribution in [0.1, 0.15) is 11.1 Å². The van der Waals surface area contributed by atoms with E-state index in [1.54, 1.807) is 0 Å². The third-order valence-corrected chi connectivity index (χ3v) is 14.9. The first-order chi connectivity index (χ1) is 38.7. The average Bonchev–Trinajstić information content (AvgIpc) is 3.60. The van der Waals surface area contributed by atoms with Gasteiger partial charge in [0.2, 0.25) is 0 Å². The maximum absolute atomic E-state index is 4.91. The molecule has 0 aliphatic carbocycles. The van der Waals surface area contributed by atoms with Crippen molar-refractivity contribution in [2.45, 2.75) is 0 Å². The molecular weight excluding hydrogens is 941 g/mol. The fraction of sp³-hybridized carbons (Fsp3) is 0. The number of benzene rings is 13. The molecule has 0 unspecified atom stereocenters. The highest BCUT2D eigenvalue weighted by Crippen LogP contribution is 2.56. The molecular formula is C76H52N2. The van der Waals surface area contributed by atoms with E-state index in [1.807, 2.05) is 12.4 Å². The molecule has 13 aromatic carbocycles. The molecule has 0 spiro atoms. The van der Waals surface area contributed by atoms with Gasteiger partial charge in [0.05, 0.1) is 11.4 Å². The van der Waals surface area contributed by atoms with Crippen LogP contribution >= 0.6 is 0 Å². The molecule has 0 amide bonds. The second-order valence-electron chi connectivity index (χ2n) is 19.6. The molecule has 0 aromatic heterocycles. The van der Waals surface area contributed by atoms with E-state index in [2.05, 4.69) is 303 Å². The zero-order valence-corrected chi connectivity index (χ0v) is 42.9. The minimum Gasteiger partial charge on any atom is -0.256 e. The van der Waals surface area contributed by atoms with Gasteiger partial charge in [-0.15, -0.1) is 0 Å². The Labute approximate surface area is 456 Å². The van der Waals surface area contributed by atoms with Crippen LogP contribution < -0.4 is 0 Å². The second-order valence-corrected chi connectivity index (χ2v) is 19.6. The topological polar surface area (TPSA) is 24.7 Å². The van der Waals surface area contributed by atoms with Crippen LogP contribution in [0.5, 0.6) is 0 Å². The highest BCUT2D eigenvalue weighted by Gasteiger charge is 2.29. The van der Waals surface area contributed by atoms with Gasteiger partial charge < -0.3 is 0 Å². The largest absolute Gasteiger partial charge is 0.256 e. The van der Waals surface area contributed by atoms with Gasteiger partial charge in [0, 0.05) is 23.6 Å². The summed E-state index contributed by atoms with van der Waals surface area (Å²) in [5.41, 5.74) is 22.5. The van der Waals surface area contributed by atoms with E-state index in [4.69, 9.17) is 9.98 Å². The predicted molar refractivity (Wildman–Crippen MR) is 332 cm³/mol. The Morgan fingerprint density at radius 1 is 0.179 bits per heavy atom. The summed E-state index contributed by atoms with van der Waals surface area (Å²) in [6, 6.07) is 109. The van der Waals surface area contributed by atoms with Crippen molar-refractivity contribution < 1.29 is 0 Å². The van der Waals surface area contributed by atoms with Gasteiger partial charge in [0.15, 0.2) is 0 Å². The minimum absolute atomic E-state index is 0.908. The first kappa shape index (κ1) is 47.4. The summed E-state index contributed by atoms with van der Waals surface area (Å²) in [7, 11) is 0. The van der Waals surface area contributed by atoms with Gasteiger partial charge in [-0.25, -0.2) is 0 Å². The van der Waals surface area contributed by atoms with Crippen molar-refractivity contribution in [1.82, 2.24) is 0 Å². The maximum Gasteiger partial charge on any atom is 0.0630 e. The summed E-state index contributed by atoms with van der Waals surface area (Å²) >= 11 is 0. The molecule has 0 aliphatic rings. The van der Waals surface area contributed by atoms with Crippen LogP contribution in [-0.2, 0) is 0 Å². The van der Waals surface area contributed by atoms with Crippen molar-refractivity contribution in [1.29, 1.82) is 0 Å². The summed E-state index contributed by atoms with van der Waals surface area (Å²) in [4.78, 5) is 9.81. The van der Waals surface area contributed by atoms with Gasteiger partial charge in [-0.05, 0) is 135 Å². The summed E-state index contributed by atoms with van der Waals surface area (Å²) < 4.78 is 0. The van der Waals surface area contributed by atoms with Gasteiger partial charge in [0.25, 0.3) is 0 Å². The molecule has 366 valence electrons. The second kappa shape index (κ2) is 21.5. The zero-order valence-electron chi connectivity index (χ0n) is 42.9. The number of nitrogens with zero attached hydrogens (tertiary/aromatic N) is 2. The fourth-order valence-corrected chi connectivity index (χ4v) is 11.1. The predicted octanol–water partition coefficient (Wildman–Crippen LogP) is 20.8. The normalized spacial score (nSPS) is 11.5. The lowest BCUT2D eigenvalue weighted by Gasteiger charge is -2.29. The Kier molecular flexibility index (Phi) is 13.1. The maximum atomic E-state index is 4.91. The minimum atomic E-state index is 0.908. The summed E-state index contributed by atoms with van der Waals surface area (Å²) in [6.45, 7) is 0. The monoisotopic (exact) mass is 992 g/mol. The molecule has 0 atom stereocenters. The quantitative estimate of drug-likeness (QED) is 0.109. The van der Waals surface area contributed by atoms with Crippen LogP contribution in [0, 0.1) is 0 Å². The summed E-state index contributed by atoms with van der Waals surface area (Å²) in [5, 5.41) is 4.80. The van der Waals surface area contributed by atoms with Crippen molar-refractivity contribution >= 4 is 45.3 Å². The Morgan fingerprint density at radius 3 is 0.718 bits per heavy atom. The average molecular weight is 993 g/mol. The lowest BCUT2D eigenvalue weighted by atomic mass is 9.74. The van der Waals surface area contributed by atoms with E-state index in [1.165, 1.54) is 54.9 Å². The standard InChI is InChI=1S/C76H52N2/c1-5-21-59(22-6-1)71-72(60-23-7-2-8-24-60)74(62-27-11-4-12-28-62)76(64-41-37-54(38-42-64)56-45-49-68(50-46-56)78-52-66-32-18-30-58-20-14-16-34-70(58)66)75(73(71)61-25-9-3-10-26-61)63-39-35-53(36-40-63)55-43-47-67(48-44-55)77-51-65-31-17-29-57-19-13-15-33-69(57)65/h1-52H. The number of fused-ring (bicyclic) bond motifs is 2. The smallest absolute Gasteiger partial charge is 0.0630 e. The molecule has 0 saturated heterocycles. The SMILES string of the molecule is C(=Nc1ccc(-c2ccc(-c3c(-c4ccccc4)c(-c4ccccc4)c(-c4ccccc4)c(-c4ccccc4)c3-c3ccc(-c4ccc(N=Cc5cccc6ccccc56)cc4)cc3)cc2)cc1)c1cccc2ccccc12. The van der Waals surface area contributed by atoms with Crippen molar-refractivity contribution in [3.8, 4) is 89.0 Å². The molecule has 13 aromatic rings. The number of hydrogen-bond acceptors (Lipinski definition) is 2. The fourth-order valence-electron chi connectivity index (χ4n) is 11.1. The summed E-state index contributed by atoms with van der Waals surface area (Å²) in [5.74, 6) is 0. The first-order valence-corrected chi connectivity index (χ1v) is 26.6. The van der Waals surface area contributed by atoms with Gasteiger partial charge >= 0.3 is 0 Å². The van der Waals surface area contributed by atoms with Crippen LogP contribution in [0.3, 0.4) is 0 Å². The van der Waals surface area contributed by atoms with E-state index >= 15 is 0 Å². The van der Waals surface area contributed by atoms with Crippen molar-refractivity contribution in [3.05, 3.63) is 314 Å². The number of aliphatic imine (C=N–C) groups is 2. The van der Waals surface area contributed by atoms with Gasteiger partial charge in [-0.2, -0.15) is 0 Å². The Hall–Kier alpha value is -10.3. The van der Waals surface area contributed by atoms with Crippen LogP contribution in [0.25, 0.3) is 111 Å². The van der Waals surface area contributed by atoms with E-state index in [0.29, 0.717) is 0 Å². The lowest BCUT2D eigenvalue weighted by Crippen LogP contribution is -2.02. The van der Waals surface area contributed by atoms with Crippen molar-refractivity contribution in [3.63, 3.8) is 0 Å². The highest BCUT2D eigenvalue weighted by molar-refractivity contribution is 6.15. The number of hydrogen-bond donors (Lipinski definition) is 0. The lowest BCUT2D eigenvalue weighted by molar-refractivity contribution is 1.50. The molecule has 0 saturated carbocycles. The Bertz CT molecular complexity index is 3990. The molecule has 2 heteroatoms. The highest BCUT2D eigenvalue weighted by atomic mass is 14.7. The molecule has 0 radical (unpaired) electrons. The Morgan fingerprint density at radius 2 is 0.410 bits per heavy atom. The molecule has 13 rings (SSSR count). The summed E-state index contributed by atoms with van der Waals surface area (Å²) in [6.07, 6.45) is 3.94.